The topological polar surface area (TPSA) is 0 Å². The predicted molar refractivity (Wildman–Crippen MR) is 64.0 cm³/mol. The predicted octanol–water partition coefficient (Wildman–Crippen LogP) is 4.16. The van der Waals surface area contributed by atoms with Crippen LogP contribution in [0.5, 0.6) is 0 Å². The van der Waals surface area contributed by atoms with Gasteiger partial charge >= 0.3 is 0 Å². The van der Waals surface area contributed by atoms with Crippen LogP contribution in [0, 0.1) is 13.8 Å². The zero-order valence-electron chi connectivity index (χ0n) is 12.2. The average molecular weight is 192 g/mol. The monoisotopic (exact) mass is 192 g/mol. The van der Waals surface area contributed by atoms with E-state index in [1.807, 2.05) is 13.8 Å². The van der Waals surface area contributed by atoms with Gasteiger partial charge in [-0.15, -0.1) is 0 Å². The minimum Gasteiger partial charge on any atom is -0.0613 e. The molecule has 0 amide bonds. The molecule has 14 heavy (non-hydrogen) atoms. The molecule has 0 aliphatic heterocycles. The van der Waals surface area contributed by atoms with Crippen molar-refractivity contribution < 1.29 is 2.74 Å². The van der Waals surface area contributed by atoms with Gasteiger partial charge in [-0.3, -0.25) is 0 Å². The summed E-state index contributed by atoms with van der Waals surface area (Å²) in [5.74, 6) is 0. The van der Waals surface area contributed by atoms with E-state index in [2.05, 4.69) is 32.9 Å². The van der Waals surface area contributed by atoms with Crippen LogP contribution in [0.1, 0.15) is 52.7 Å². The molecule has 1 aromatic carbocycles. The molecule has 0 heteroatoms. The van der Waals surface area contributed by atoms with Gasteiger partial charge in [0.2, 0.25) is 0 Å². The minimum absolute atomic E-state index is 0.120. The zero-order valence-corrected chi connectivity index (χ0v) is 10.2. The zero-order chi connectivity index (χ0) is 12.7. The molecule has 0 atom stereocenters. The molecule has 0 aliphatic rings. The van der Waals surface area contributed by atoms with Crippen molar-refractivity contribution in [2.45, 2.75) is 53.3 Å². The quantitative estimate of drug-likeness (QED) is 0.626. The molecule has 0 saturated carbocycles. The summed E-state index contributed by atoms with van der Waals surface area (Å²) in [5.41, 5.74) is 4.33. The smallest absolute Gasteiger partial charge is 0.0313 e. The lowest BCUT2D eigenvalue weighted by Crippen LogP contribution is -2.12. The lowest BCUT2D eigenvalue weighted by atomic mass is 9.83. The molecule has 0 saturated heterocycles. The molecule has 78 valence electrons. The first-order valence-corrected chi connectivity index (χ1v) is 5.15. The van der Waals surface area contributed by atoms with Crippen LogP contribution in [0.15, 0.2) is 12.1 Å². The van der Waals surface area contributed by atoms with Crippen LogP contribution >= 0.6 is 0 Å². The Bertz CT molecular complexity index is 369. The third kappa shape index (κ3) is 2.17. The molecule has 1 aromatic rings. The maximum atomic E-state index is 7.85. The minimum atomic E-state index is -1.26. The van der Waals surface area contributed by atoms with Crippen LogP contribution in [0.3, 0.4) is 0 Å². The largest absolute Gasteiger partial charge is 0.0613 e. The first kappa shape index (κ1) is 8.52. The molecular formula is C14H22. The Balaban J connectivity index is 3.41. The SMILES string of the molecule is [2H]C([2H])(C)c1c(C)cc(C(C)(C)C)cc1C. The highest BCUT2D eigenvalue weighted by atomic mass is 14.2. The molecule has 0 aliphatic carbocycles. The summed E-state index contributed by atoms with van der Waals surface area (Å²) < 4.78 is 15.7. The van der Waals surface area contributed by atoms with Gasteiger partial charge in [0, 0.05) is 2.74 Å². The van der Waals surface area contributed by atoms with Crippen molar-refractivity contribution in [3.05, 3.63) is 34.4 Å². The average Bonchev–Trinajstić information content (AvgIpc) is 1.97. The molecule has 0 nitrogen and oxygen atoms in total. The van der Waals surface area contributed by atoms with Gasteiger partial charge in [0.25, 0.3) is 0 Å². The van der Waals surface area contributed by atoms with Crippen LogP contribution in [0.25, 0.3) is 0 Å². The molecule has 0 N–H and O–H groups in total. The van der Waals surface area contributed by atoms with Crippen molar-refractivity contribution in [3.63, 3.8) is 0 Å². The Morgan fingerprint density at radius 1 is 1.14 bits per heavy atom. The summed E-state index contributed by atoms with van der Waals surface area (Å²) in [7, 11) is 0. The van der Waals surface area contributed by atoms with E-state index < -0.39 is 6.37 Å². The van der Waals surface area contributed by atoms with Crippen molar-refractivity contribution in [2.75, 3.05) is 0 Å². The summed E-state index contributed by atoms with van der Waals surface area (Å²) >= 11 is 0. The Morgan fingerprint density at radius 3 is 1.86 bits per heavy atom. The third-order valence-electron chi connectivity index (χ3n) is 2.65. The fourth-order valence-corrected chi connectivity index (χ4v) is 1.79. The van der Waals surface area contributed by atoms with Gasteiger partial charge < -0.3 is 0 Å². The van der Waals surface area contributed by atoms with Crippen LogP contribution in [-0.2, 0) is 11.8 Å². The van der Waals surface area contributed by atoms with Crippen LogP contribution in [0.4, 0.5) is 0 Å². The summed E-state index contributed by atoms with van der Waals surface area (Å²) in [5, 5.41) is 0. The standard InChI is InChI=1S/C14H22/c1-7-13-10(2)8-12(9-11(13)3)14(4,5)6/h8-9H,7H2,1-6H3/i7D2. The Kier molecular flexibility index (Phi) is 2.29. The fourth-order valence-electron chi connectivity index (χ4n) is 1.79. The number of rotatable bonds is 1. The van der Waals surface area contributed by atoms with Crippen LogP contribution in [0.2, 0.25) is 0 Å². The van der Waals surface area contributed by atoms with Gasteiger partial charge in [-0.1, -0.05) is 39.8 Å². The number of hydrogen-bond acceptors (Lipinski definition) is 0. The molecule has 0 heterocycles. The first-order valence-electron chi connectivity index (χ1n) is 6.15. The van der Waals surface area contributed by atoms with Crippen molar-refractivity contribution in [2.24, 2.45) is 0 Å². The third-order valence-corrected chi connectivity index (χ3v) is 2.65. The molecule has 0 bridgehead atoms. The van der Waals surface area contributed by atoms with Crippen molar-refractivity contribution in [1.29, 1.82) is 0 Å². The lowest BCUT2D eigenvalue weighted by molar-refractivity contribution is 0.588. The van der Waals surface area contributed by atoms with Crippen molar-refractivity contribution in [3.8, 4) is 0 Å². The summed E-state index contributed by atoms with van der Waals surface area (Å²) in [6.45, 7) is 12.2. The first-order chi connectivity index (χ1) is 7.03. The summed E-state index contributed by atoms with van der Waals surface area (Å²) in [4.78, 5) is 0. The maximum absolute atomic E-state index is 7.85. The van der Waals surface area contributed by atoms with E-state index >= 15 is 0 Å². The van der Waals surface area contributed by atoms with Crippen molar-refractivity contribution >= 4 is 0 Å². The molecule has 1 rings (SSSR count). The second-order valence-corrected chi connectivity index (χ2v) is 4.99. The highest BCUT2D eigenvalue weighted by molar-refractivity contribution is 5.40. The van der Waals surface area contributed by atoms with Gasteiger partial charge in [0.05, 0.1) is 0 Å². The van der Waals surface area contributed by atoms with Gasteiger partial charge in [-0.2, -0.15) is 0 Å². The molecule has 0 radical (unpaired) electrons. The van der Waals surface area contributed by atoms with E-state index in [1.54, 1.807) is 6.92 Å². The number of benzene rings is 1. The number of aryl methyl sites for hydroxylation is 2. The van der Waals surface area contributed by atoms with E-state index in [-0.39, 0.29) is 5.41 Å². The Morgan fingerprint density at radius 2 is 1.57 bits per heavy atom. The van der Waals surface area contributed by atoms with Gasteiger partial charge in [0.15, 0.2) is 0 Å². The Labute approximate surface area is 91.2 Å². The molecule has 0 spiro atoms. The Hall–Kier alpha value is -0.780. The summed E-state index contributed by atoms with van der Waals surface area (Å²) in [6, 6.07) is 4.23. The van der Waals surface area contributed by atoms with Gasteiger partial charge in [-0.05, 0) is 47.9 Å². The fraction of sp³-hybridized carbons (Fsp3) is 0.571. The second-order valence-electron chi connectivity index (χ2n) is 4.99. The van der Waals surface area contributed by atoms with Gasteiger partial charge in [-0.25, -0.2) is 0 Å². The molecular weight excluding hydrogens is 168 g/mol. The second kappa shape index (κ2) is 3.76. The van der Waals surface area contributed by atoms with E-state index in [0.29, 0.717) is 0 Å². The lowest BCUT2D eigenvalue weighted by Gasteiger charge is -2.22. The van der Waals surface area contributed by atoms with E-state index in [1.165, 1.54) is 5.56 Å². The molecule has 0 unspecified atom stereocenters. The highest BCUT2D eigenvalue weighted by Crippen LogP contribution is 2.26. The van der Waals surface area contributed by atoms with Crippen LogP contribution in [-0.4, -0.2) is 0 Å². The van der Waals surface area contributed by atoms with Crippen molar-refractivity contribution in [1.82, 2.24) is 0 Å². The van der Waals surface area contributed by atoms with Gasteiger partial charge in [0.1, 0.15) is 0 Å². The highest BCUT2D eigenvalue weighted by Gasteiger charge is 2.15. The van der Waals surface area contributed by atoms with Crippen LogP contribution < -0.4 is 0 Å². The van der Waals surface area contributed by atoms with E-state index in [0.717, 1.165) is 16.7 Å². The normalized spacial score (nSPS) is 15.0. The maximum Gasteiger partial charge on any atom is 0.0313 e. The summed E-state index contributed by atoms with van der Waals surface area (Å²) in [6.07, 6.45) is -1.26. The molecule has 0 fully saturated rings. The molecule has 0 aromatic heterocycles. The number of hydrogen-bond donors (Lipinski definition) is 0. The van der Waals surface area contributed by atoms with E-state index in [4.69, 9.17) is 2.74 Å². The van der Waals surface area contributed by atoms with E-state index in [9.17, 15) is 0 Å².